The van der Waals surface area contributed by atoms with Gasteiger partial charge in [-0.2, -0.15) is 0 Å². The van der Waals surface area contributed by atoms with Gasteiger partial charge in [-0.15, -0.1) is 0 Å². The van der Waals surface area contributed by atoms with Crippen molar-refractivity contribution in [2.45, 2.75) is 13.0 Å². The van der Waals surface area contributed by atoms with Crippen LogP contribution in [0.25, 0.3) is 10.8 Å². The molecule has 0 aliphatic heterocycles. The summed E-state index contributed by atoms with van der Waals surface area (Å²) in [6.45, 7) is 2.04. The van der Waals surface area contributed by atoms with E-state index in [0.717, 1.165) is 28.0 Å². The number of anilines is 2. The van der Waals surface area contributed by atoms with Crippen molar-refractivity contribution in [3.63, 3.8) is 0 Å². The summed E-state index contributed by atoms with van der Waals surface area (Å²) in [5.74, 6) is 0.884. The van der Waals surface area contributed by atoms with E-state index in [1.54, 1.807) is 12.4 Å². The zero-order chi connectivity index (χ0) is 13.2. The molecule has 96 valence electrons. The van der Waals surface area contributed by atoms with E-state index in [2.05, 4.69) is 20.3 Å². The van der Waals surface area contributed by atoms with Crippen molar-refractivity contribution in [3.05, 3.63) is 48.8 Å². The second-order valence-corrected chi connectivity index (χ2v) is 4.46. The molecule has 1 atom stereocenters. The van der Waals surface area contributed by atoms with E-state index in [1.165, 1.54) is 0 Å². The van der Waals surface area contributed by atoms with Gasteiger partial charge in [-0.05, 0) is 19.1 Å². The molecule has 2 heterocycles. The highest BCUT2D eigenvalue weighted by molar-refractivity contribution is 5.98. The molecular weight excluding hydrogens is 238 g/mol. The van der Waals surface area contributed by atoms with Crippen molar-refractivity contribution in [1.82, 2.24) is 15.0 Å². The maximum atomic E-state index is 6.20. The number of hydrogen-bond acceptors (Lipinski definition) is 4. The molecule has 0 amide bonds. The number of fused-ring (bicyclic) bond motifs is 1. The van der Waals surface area contributed by atoms with Crippen molar-refractivity contribution in [1.29, 1.82) is 0 Å². The predicted octanol–water partition coefficient (Wildman–Crippen LogP) is 2.71. The molecule has 0 fully saturated rings. The van der Waals surface area contributed by atoms with Crippen LogP contribution in [0.5, 0.6) is 0 Å². The summed E-state index contributed by atoms with van der Waals surface area (Å²) in [7, 11) is 0. The molecule has 19 heavy (non-hydrogen) atoms. The molecule has 5 nitrogen and oxygen atoms in total. The van der Waals surface area contributed by atoms with E-state index in [0.29, 0.717) is 0 Å². The van der Waals surface area contributed by atoms with E-state index >= 15 is 0 Å². The molecule has 0 spiro atoms. The molecule has 0 saturated heterocycles. The molecule has 4 N–H and O–H groups in total. The van der Waals surface area contributed by atoms with Gasteiger partial charge in [-0.25, -0.2) is 4.98 Å². The highest BCUT2D eigenvalue weighted by atomic mass is 15.0. The largest absolute Gasteiger partial charge is 0.397 e. The number of H-pyrrole nitrogens is 1. The average molecular weight is 253 g/mol. The van der Waals surface area contributed by atoms with Crippen LogP contribution in [-0.4, -0.2) is 15.0 Å². The number of nitrogens with zero attached hydrogens (tertiary/aromatic N) is 2. The summed E-state index contributed by atoms with van der Waals surface area (Å²) in [5.41, 5.74) is 7.84. The Morgan fingerprint density at radius 1 is 1.26 bits per heavy atom. The van der Waals surface area contributed by atoms with E-state index in [9.17, 15) is 0 Å². The fourth-order valence-electron chi connectivity index (χ4n) is 2.13. The summed E-state index contributed by atoms with van der Waals surface area (Å²) < 4.78 is 0. The fourth-order valence-corrected chi connectivity index (χ4v) is 2.13. The normalized spacial score (nSPS) is 12.5. The molecule has 1 aromatic carbocycles. The lowest BCUT2D eigenvalue weighted by Crippen LogP contribution is -2.10. The van der Waals surface area contributed by atoms with E-state index < -0.39 is 0 Å². The van der Waals surface area contributed by atoms with E-state index in [4.69, 9.17) is 5.73 Å². The minimum absolute atomic E-state index is 0.0663. The van der Waals surface area contributed by atoms with Gasteiger partial charge >= 0.3 is 0 Å². The van der Waals surface area contributed by atoms with Gasteiger partial charge in [0.25, 0.3) is 0 Å². The molecule has 0 saturated carbocycles. The number of rotatable bonds is 3. The number of aromatic nitrogens is 3. The van der Waals surface area contributed by atoms with E-state index in [-0.39, 0.29) is 6.04 Å². The second kappa shape index (κ2) is 4.61. The first kappa shape index (κ1) is 11.5. The van der Waals surface area contributed by atoms with Gasteiger partial charge in [0.05, 0.1) is 17.4 Å². The zero-order valence-corrected chi connectivity index (χ0v) is 10.6. The van der Waals surface area contributed by atoms with Crippen LogP contribution in [0, 0.1) is 0 Å². The number of nitrogens with two attached hydrogens (primary N) is 1. The van der Waals surface area contributed by atoms with Crippen LogP contribution in [0.3, 0.4) is 0 Å². The molecular formula is C14H15N5. The monoisotopic (exact) mass is 253 g/mol. The molecule has 0 bridgehead atoms. The third kappa shape index (κ3) is 2.10. The van der Waals surface area contributed by atoms with Gasteiger partial charge < -0.3 is 16.0 Å². The molecule has 0 aliphatic rings. The Hall–Kier alpha value is -2.56. The first-order valence-electron chi connectivity index (χ1n) is 6.13. The third-order valence-corrected chi connectivity index (χ3v) is 3.16. The van der Waals surface area contributed by atoms with Gasteiger partial charge in [0.2, 0.25) is 0 Å². The van der Waals surface area contributed by atoms with Gasteiger partial charge in [-0.3, -0.25) is 4.98 Å². The van der Waals surface area contributed by atoms with Crippen molar-refractivity contribution < 1.29 is 0 Å². The number of nitrogens with one attached hydrogen (secondary N) is 2. The van der Waals surface area contributed by atoms with Crippen molar-refractivity contribution in [2.75, 3.05) is 11.1 Å². The summed E-state index contributed by atoms with van der Waals surface area (Å²) in [6, 6.07) is 5.97. The Bertz CT molecular complexity index is 690. The SMILES string of the molecule is CC(Nc1ccc2cnccc2c1N)c1ncc[nH]1. The lowest BCUT2D eigenvalue weighted by molar-refractivity contribution is 0.811. The van der Waals surface area contributed by atoms with Crippen LogP contribution >= 0.6 is 0 Å². The van der Waals surface area contributed by atoms with Crippen LogP contribution in [0.4, 0.5) is 11.4 Å². The summed E-state index contributed by atoms with van der Waals surface area (Å²) in [4.78, 5) is 11.4. The Morgan fingerprint density at radius 3 is 2.95 bits per heavy atom. The van der Waals surface area contributed by atoms with Crippen LogP contribution in [0.15, 0.2) is 43.0 Å². The lowest BCUT2D eigenvalue weighted by atomic mass is 10.1. The van der Waals surface area contributed by atoms with Crippen molar-refractivity contribution in [3.8, 4) is 0 Å². The van der Waals surface area contributed by atoms with Crippen molar-refractivity contribution >= 4 is 22.1 Å². The highest BCUT2D eigenvalue weighted by Gasteiger charge is 2.10. The fraction of sp³-hybridized carbons (Fsp3) is 0.143. The lowest BCUT2D eigenvalue weighted by Gasteiger charge is -2.16. The molecule has 2 aromatic heterocycles. The molecule has 1 unspecified atom stereocenters. The Balaban J connectivity index is 1.95. The molecule has 3 rings (SSSR count). The van der Waals surface area contributed by atoms with Gasteiger partial charge in [-0.1, -0.05) is 6.07 Å². The number of imidazole rings is 1. The Morgan fingerprint density at radius 2 is 2.16 bits per heavy atom. The zero-order valence-electron chi connectivity index (χ0n) is 10.6. The summed E-state index contributed by atoms with van der Waals surface area (Å²) >= 11 is 0. The number of pyridine rings is 1. The molecule has 0 aliphatic carbocycles. The number of hydrogen-bond donors (Lipinski definition) is 3. The molecule has 0 radical (unpaired) electrons. The summed E-state index contributed by atoms with van der Waals surface area (Å²) in [5, 5.41) is 5.41. The Kier molecular flexibility index (Phi) is 2.79. The maximum absolute atomic E-state index is 6.20. The Labute approximate surface area is 110 Å². The minimum atomic E-state index is 0.0663. The highest BCUT2D eigenvalue weighted by Crippen LogP contribution is 2.30. The van der Waals surface area contributed by atoms with Crippen molar-refractivity contribution in [2.24, 2.45) is 0 Å². The quantitative estimate of drug-likeness (QED) is 0.627. The van der Waals surface area contributed by atoms with Gasteiger partial charge in [0.1, 0.15) is 5.82 Å². The number of aromatic amines is 1. The molecule has 5 heteroatoms. The summed E-state index contributed by atoms with van der Waals surface area (Å²) in [6.07, 6.45) is 7.11. The van der Waals surface area contributed by atoms with E-state index in [1.807, 2.05) is 37.5 Å². The van der Waals surface area contributed by atoms with Crippen LogP contribution < -0.4 is 11.1 Å². The predicted molar refractivity (Wildman–Crippen MR) is 76.8 cm³/mol. The van der Waals surface area contributed by atoms with Gasteiger partial charge in [0.15, 0.2) is 0 Å². The van der Waals surface area contributed by atoms with Crippen LogP contribution in [-0.2, 0) is 0 Å². The topological polar surface area (TPSA) is 79.6 Å². The first-order valence-corrected chi connectivity index (χ1v) is 6.13. The average Bonchev–Trinajstić information content (AvgIpc) is 2.96. The standard InChI is InChI=1S/C14H15N5/c1-9(14-17-6-7-18-14)19-12-3-2-10-8-16-5-4-11(10)13(12)15/h2-9,19H,15H2,1H3,(H,17,18). The van der Waals surface area contributed by atoms with Crippen LogP contribution in [0.2, 0.25) is 0 Å². The van der Waals surface area contributed by atoms with Gasteiger partial charge in [0, 0.05) is 35.6 Å². The maximum Gasteiger partial charge on any atom is 0.128 e. The molecule has 3 aromatic rings. The second-order valence-electron chi connectivity index (χ2n) is 4.46. The number of benzene rings is 1. The number of nitrogen functional groups attached to an aromatic ring is 1. The van der Waals surface area contributed by atoms with Crippen LogP contribution in [0.1, 0.15) is 18.8 Å². The first-order chi connectivity index (χ1) is 9.25. The smallest absolute Gasteiger partial charge is 0.128 e. The third-order valence-electron chi connectivity index (χ3n) is 3.16. The minimum Gasteiger partial charge on any atom is -0.397 e.